The number of carbonyl (C=O) groups excluding carboxylic acids is 1. The van der Waals surface area contributed by atoms with Crippen molar-refractivity contribution in [2.45, 2.75) is 6.54 Å². The first kappa shape index (κ1) is 19.3. The summed E-state index contributed by atoms with van der Waals surface area (Å²) in [6.07, 6.45) is 0. The smallest absolute Gasteiger partial charge is 0.323 e. The van der Waals surface area contributed by atoms with Gasteiger partial charge in [0, 0.05) is 17.8 Å². The molecule has 1 aromatic heterocycles. The third-order valence-corrected chi connectivity index (χ3v) is 4.65. The molecule has 0 unspecified atom stereocenters. The van der Waals surface area contributed by atoms with Crippen LogP contribution in [0.1, 0.15) is 5.56 Å². The number of amides is 2. The van der Waals surface area contributed by atoms with E-state index >= 15 is 0 Å². The number of urea groups is 1. The van der Waals surface area contributed by atoms with Gasteiger partial charge in [-0.1, -0.05) is 18.2 Å². The van der Waals surface area contributed by atoms with Gasteiger partial charge >= 0.3 is 6.03 Å². The molecule has 4 rings (SSSR count). The molecule has 0 atom stereocenters. The SMILES string of the molecule is NCc1ccc(F)c(NC(=O)Nc2ccc(-c3c(F)ccc4[nH]nc(N)c34)cc2)c1. The number of anilines is 3. The number of nitrogens with one attached hydrogen (secondary N) is 3. The molecule has 0 aliphatic heterocycles. The van der Waals surface area contributed by atoms with Crippen molar-refractivity contribution in [2.75, 3.05) is 16.4 Å². The molecule has 3 aromatic carbocycles. The molecule has 7 nitrogen and oxygen atoms in total. The number of carbonyl (C=O) groups is 1. The van der Waals surface area contributed by atoms with E-state index in [1.807, 2.05) is 0 Å². The second-order valence-electron chi connectivity index (χ2n) is 6.63. The van der Waals surface area contributed by atoms with Crippen LogP contribution in [0.5, 0.6) is 0 Å². The molecule has 30 heavy (non-hydrogen) atoms. The van der Waals surface area contributed by atoms with Gasteiger partial charge in [0.15, 0.2) is 5.82 Å². The summed E-state index contributed by atoms with van der Waals surface area (Å²) in [4.78, 5) is 12.2. The van der Waals surface area contributed by atoms with Crippen LogP contribution in [0.15, 0.2) is 54.6 Å². The Morgan fingerprint density at radius 3 is 2.47 bits per heavy atom. The Bertz CT molecular complexity index is 1240. The second-order valence-corrected chi connectivity index (χ2v) is 6.63. The molecule has 0 aliphatic carbocycles. The third-order valence-electron chi connectivity index (χ3n) is 4.65. The molecule has 0 aliphatic rings. The molecule has 7 N–H and O–H groups in total. The maximum Gasteiger partial charge on any atom is 0.323 e. The van der Waals surface area contributed by atoms with E-state index in [0.717, 1.165) is 0 Å². The highest BCUT2D eigenvalue weighted by Gasteiger charge is 2.15. The van der Waals surface area contributed by atoms with E-state index in [1.54, 1.807) is 36.4 Å². The van der Waals surface area contributed by atoms with E-state index in [2.05, 4.69) is 20.8 Å². The summed E-state index contributed by atoms with van der Waals surface area (Å²) in [6.45, 7) is 0.225. The number of hydrogen-bond acceptors (Lipinski definition) is 4. The van der Waals surface area contributed by atoms with E-state index in [-0.39, 0.29) is 18.1 Å². The molecule has 0 radical (unpaired) electrons. The Labute approximate surface area is 170 Å². The Kier molecular flexibility index (Phi) is 5.03. The van der Waals surface area contributed by atoms with Crippen molar-refractivity contribution < 1.29 is 13.6 Å². The fraction of sp³-hybridized carbons (Fsp3) is 0.0476. The van der Waals surface area contributed by atoms with Crippen molar-refractivity contribution in [1.82, 2.24) is 10.2 Å². The normalized spacial score (nSPS) is 10.9. The van der Waals surface area contributed by atoms with E-state index in [9.17, 15) is 13.6 Å². The molecule has 0 spiro atoms. The lowest BCUT2D eigenvalue weighted by Gasteiger charge is -2.11. The first-order valence-corrected chi connectivity index (χ1v) is 9.05. The number of H-pyrrole nitrogens is 1. The molecule has 1 heterocycles. The fourth-order valence-electron chi connectivity index (χ4n) is 3.20. The number of halogens is 2. The Morgan fingerprint density at radius 2 is 1.73 bits per heavy atom. The van der Waals surface area contributed by atoms with Crippen molar-refractivity contribution >= 4 is 34.1 Å². The molecule has 0 saturated heterocycles. The number of nitrogens with zero attached hydrogens (tertiary/aromatic N) is 1. The maximum atomic E-state index is 14.5. The highest BCUT2D eigenvalue weighted by atomic mass is 19.1. The number of fused-ring (bicyclic) bond motifs is 1. The minimum Gasteiger partial charge on any atom is -0.382 e. The van der Waals surface area contributed by atoms with Gasteiger partial charge in [-0.3, -0.25) is 5.10 Å². The van der Waals surface area contributed by atoms with Gasteiger partial charge in [0.1, 0.15) is 11.6 Å². The standard InChI is InChI=1S/C21H18F2N6O/c22-14-6-1-11(10-24)9-17(14)27-21(30)26-13-4-2-12(3-5-13)18-15(23)7-8-16-19(18)20(25)29-28-16/h1-9H,10,24H2,(H3,25,28,29)(H2,26,27,30). The minimum atomic E-state index is -0.622. The lowest BCUT2D eigenvalue weighted by molar-refractivity contribution is 0.262. The molecule has 2 amide bonds. The highest BCUT2D eigenvalue weighted by Crippen LogP contribution is 2.34. The Morgan fingerprint density at radius 1 is 1.00 bits per heavy atom. The maximum absolute atomic E-state index is 14.5. The van der Waals surface area contributed by atoms with E-state index in [0.29, 0.717) is 33.3 Å². The van der Waals surface area contributed by atoms with Crippen LogP contribution in [0.25, 0.3) is 22.0 Å². The number of aromatic nitrogens is 2. The monoisotopic (exact) mass is 408 g/mol. The number of benzene rings is 3. The van der Waals surface area contributed by atoms with Crippen LogP contribution in [-0.4, -0.2) is 16.2 Å². The van der Waals surface area contributed by atoms with Crippen molar-refractivity contribution in [1.29, 1.82) is 0 Å². The van der Waals surface area contributed by atoms with E-state index < -0.39 is 17.7 Å². The number of aromatic amines is 1. The summed E-state index contributed by atoms with van der Waals surface area (Å²) < 4.78 is 28.4. The average Bonchev–Trinajstić information content (AvgIpc) is 3.11. The van der Waals surface area contributed by atoms with Crippen LogP contribution in [0, 0.1) is 11.6 Å². The first-order valence-electron chi connectivity index (χ1n) is 9.05. The molecule has 0 saturated carbocycles. The van der Waals surface area contributed by atoms with Crippen molar-refractivity contribution in [3.63, 3.8) is 0 Å². The van der Waals surface area contributed by atoms with E-state index in [1.165, 1.54) is 18.2 Å². The van der Waals surface area contributed by atoms with Crippen molar-refractivity contribution in [3.8, 4) is 11.1 Å². The average molecular weight is 408 g/mol. The van der Waals surface area contributed by atoms with Crippen LogP contribution in [-0.2, 0) is 6.54 Å². The van der Waals surface area contributed by atoms with Crippen LogP contribution in [0.2, 0.25) is 0 Å². The summed E-state index contributed by atoms with van der Waals surface area (Å²) in [5.41, 5.74) is 14.1. The number of nitrogen functional groups attached to an aromatic ring is 1. The van der Waals surface area contributed by atoms with Crippen molar-refractivity contribution in [3.05, 3.63) is 71.8 Å². The highest BCUT2D eigenvalue weighted by molar-refractivity contribution is 6.03. The summed E-state index contributed by atoms with van der Waals surface area (Å²) >= 11 is 0. The second kappa shape index (κ2) is 7.80. The van der Waals surface area contributed by atoms with Gasteiger partial charge < -0.3 is 22.1 Å². The molecule has 9 heteroatoms. The predicted octanol–water partition coefficient (Wildman–Crippen LogP) is 4.19. The Hall–Kier alpha value is -3.98. The minimum absolute atomic E-state index is 0.0243. The van der Waals surface area contributed by atoms with Crippen molar-refractivity contribution in [2.24, 2.45) is 5.73 Å². The van der Waals surface area contributed by atoms with Gasteiger partial charge in [-0.2, -0.15) is 5.10 Å². The zero-order chi connectivity index (χ0) is 21.3. The molecular formula is C21H18F2N6O. The van der Waals surface area contributed by atoms with Gasteiger partial charge in [0.05, 0.1) is 16.6 Å². The lowest BCUT2D eigenvalue weighted by atomic mass is 10.0. The predicted molar refractivity (Wildman–Crippen MR) is 113 cm³/mol. The van der Waals surface area contributed by atoms with Gasteiger partial charge in [0.2, 0.25) is 0 Å². The molecule has 152 valence electrons. The van der Waals surface area contributed by atoms with Crippen LogP contribution in [0.4, 0.5) is 30.8 Å². The fourth-order valence-corrected chi connectivity index (χ4v) is 3.20. The summed E-state index contributed by atoms with van der Waals surface area (Å²) in [6, 6.07) is 13.0. The summed E-state index contributed by atoms with van der Waals surface area (Å²) in [7, 11) is 0. The summed E-state index contributed by atoms with van der Waals surface area (Å²) in [5, 5.41) is 12.2. The van der Waals surface area contributed by atoms with Gasteiger partial charge in [-0.15, -0.1) is 0 Å². The quantitative estimate of drug-likeness (QED) is 0.347. The first-order chi connectivity index (χ1) is 14.5. The van der Waals surface area contributed by atoms with Gasteiger partial charge in [0.25, 0.3) is 0 Å². The van der Waals surface area contributed by atoms with Crippen LogP contribution in [0.3, 0.4) is 0 Å². The lowest BCUT2D eigenvalue weighted by Crippen LogP contribution is -2.20. The Balaban J connectivity index is 1.54. The molecule has 4 aromatic rings. The number of hydrogen-bond donors (Lipinski definition) is 5. The van der Waals surface area contributed by atoms with Crippen LogP contribution >= 0.6 is 0 Å². The topological polar surface area (TPSA) is 122 Å². The molecular weight excluding hydrogens is 390 g/mol. The molecule has 0 fully saturated rings. The number of rotatable bonds is 4. The van der Waals surface area contributed by atoms with E-state index in [4.69, 9.17) is 11.5 Å². The molecule has 0 bridgehead atoms. The zero-order valence-electron chi connectivity index (χ0n) is 15.7. The van der Waals surface area contributed by atoms with Crippen LogP contribution < -0.4 is 22.1 Å². The third kappa shape index (κ3) is 3.65. The largest absolute Gasteiger partial charge is 0.382 e. The van der Waals surface area contributed by atoms with Gasteiger partial charge in [-0.25, -0.2) is 13.6 Å². The number of nitrogens with two attached hydrogens (primary N) is 2. The van der Waals surface area contributed by atoms with Gasteiger partial charge in [-0.05, 0) is 47.5 Å². The summed E-state index contributed by atoms with van der Waals surface area (Å²) in [5.74, 6) is -0.814. The zero-order valence-corrected chi connectivity index (χ0v) is 15.7.